The molecule has 0 unspecified atom stereocenters. The first-order chi connectivity index (χ1) is 12.5. The molecule has 26 heavy (non-hydrogen) atoms. The number of hydrogen-bond acceptors (Lipinski definition) is 4. The van der Waals surface area contributed by atoms with Gasteiger partial charge in [0.1, 0.15) is 18.1 Å². The Balaban J connectivity index is 1.95. The third kappa shape index (κ3) is 3.89. The second-order valence-corrected chi connectivity index (χ2v) is 6.60. The highest BCUT2D eigenvalue weighted by molar-refractivity contribution is 6.12. The topological polar surface area (TPSA) is 60.9 Å². The summed E-state index contributed by atoms with van der Waals surface area (Å²) in [5.41, 5.74) is 7.08. The molecule has 1 aliphatic heterocycles. The number of nitrogens with zero attached hydrogens (tertiary/aromatic N) is 2. The molecule has 0 amide bonds. The minimum absolute atomic E-state index is 0.0296. The highest BCUT2D eigenvalue weighted by Crippen LogP contribution is 2.27. The molecule has 2 aromatic rings. The number of aliphatic hydroxyl groups is 1. The summed E-state index contributed by atoms with van der Waals surface area (Å²) in [4.78, 5) is 10.2. The predicted octanol–water partition coefficient (Wildman–Crippen LogP) is 3.43. The molecule has 0 radical (unpaired) electrons. The molecule has 1 aliphatic rings. The van der Waals surface area contributed by atoms with Gasteiger partial charge in [0, 0.05) is 42.8 Å². The monoisotopic (exact) mass is 351 g/mol. The summed E-state index contributed by atoms with van der Waals surface area (Å²) in [5.74, 6) is 0.678. The molecule has 0 spiro atoms. The van der Waals surface area contributed by atoms with Crippen LogP contribution in [0.5, 0.6) is 0 Å². The number of H-pyrrole nitrogens is 1. The van der Waals surface area contributed by atoms with Gasteiger partial charge in [-0.2, -0.15) is 0 Å². The van der Waals surface area contributed by atoms with Crippen LogP contribution in [0, 0.1) is 13.8 Å². The quantitative estimate of drug-likeness (QED) is 0.838. The maximum Gasteiger partial charge on any atom is 0.147 e. The van der Waals surface area contributed by atoms with Crippen LogP contribution in [-0.2, 0) is 4.74 Å². The molecule has 1 aromatic carbocycles. The van der Waals surface area contributed by atoms with Gasteiger partial charge >= 0.3 is 0 Å². The van der Waals surface area contributed by atoms with Crippen molar-refractivity contribution >= 4 is 17.5 Å². The van der Waals surface area contributed by atoms with Gasteiger partial charge in [-0.1, -0.05) is 12.1 Å². The van der Waals surface area contributed by atoms with Crippen molar-refractivity contribution in [3.05, 3.63) is 70.4 Å². The van der Waals surface area contributed by atoms with E-state index in [2.05, 4.69) is 47.1 Å². The second kappa shape index (κ2) is 7.62. The van der Waals surface area contributed by atoms with Crippen molar-refractivity contribution in [2.45, 2.75) is 13.8 Å². The van der Waals surface area contributed by atoms with Crippen molar-refractivity contribution in [1.82, 2.24) is 4.98 Å². The number of aromatic nitrogens is 1. The van der Waals surface area contributed by atoms with Gasteiger partial charge in [0.15, 0.2) is 0 Å². The minimum Gasteiger partial charge on any atom is -0.489 e. The van der Waals surface area contributed by atoms with Crippen LogP contribution in [0.25, 0.3) is 6.08 Å². The Morgan fingerprint density at radius 2 is 1.92 bits per heavy atom. The summed E-state index contributed by atoms with van der Waals surface area (Å²) in [6.07, 6.45) is 3.92. The van der Waals surface area contributed by atoms with E-state index in [0.29, 0.717) is 5.76 Å². The maximum absolute atomic E-state index is 9.10. The van der Waals surface area contributed by atoms with Crippen LogP contribution in [0.2, 0.25) is 0 Å². The number of aromatic amines is 1. The minimum atomic E-state index is -0.0296. The Hall–Kier alpha value is -2.79. The standard InChI is InChI=1S/C21H25N3O2/c1-14-11-15(2)22-18(14)12-20-21(26-10-9-25)13-19(23-20)16-5-7-17(8-6-16)24(3)4/h5-8,11-13,22,25H,9-10H2,1-4H3/b20-12+. The SMILES string of the molecule is Cc1cc(C)c(/C=C2/N=C(c3ccc(N(C)C)cc3)C=C2OCCO)[nH]1. The van der Waals surface area contributed by atoms with E-state index in [1.807, 2.05) is 33.2 Å². The summed E-state index contributed by atoms with van der Waals surface area (Å²) >= 11 is 0. The Kier molecular flexibility index (Phi) is 5.28. The lowest BCUT2D eigenvalue weighted by atomic mass is 10.1. The average molecular weight is 351 g/mol. The predicted molar refractivity (Wildman–Crippen MR) is 107 cm³/mol. The van der Waals surface area contributed by atoms with Gasteiger partial charge in [0.2, 0.25) is 0 Å². The fourth-order valence-electron chi connectivity index (χ4n) is 2.90. The molecule has 0 saturated carbocycles. The summed E-state index contributed by atoms with van der Waals surface area (Å²) in [7, 11) is 4.04. The summed E-state index contributed by atoms with van der Waals surface area (Å²) in [6.45, 7) is 4.31. The van der Waals surface area contributed by atoms with Crippen molar-refractivity contribution in [2.24, 2.45) is 4.99 Å². The molecule has 2 N–H and O–H groups in total. The van der Waals surface area contributed by atoms with E-state index < -0.39 is 0 Å². The Bertz CT molecular complexity index is 871. The zero-order valence-electron chi connectivity index (χ0n) is 15.7. The number of allylic oxidation sites excluding steroid dienone is 1. The Labute approximate surface area is 154 Å². The number of nitrogens with one attached hydrogen (secondary N) is 1. The molecule has 0 saturated heterocycles. The fraction of sp³-hybridized carbons (Fsp3) is 0.286. The molecule has 0 aliphatic carbocycles. The van der Waals surface area contributed by atoms with Gasteiger partial charge < -0.3 is 19.7 Å². The van der Waals surface area contributed by atoms with Gasteiger partial charge in [-0.15, -0.1) is 0 Å². The number of aryl methyl sites for hydroxylation is 2. The fourth-order valence-corrected chi connectivity index (χ4v) is 2.90. The van der Waals surface area contributed by atoms with Crippen LogP contribution in [0.3, 0.4) is 0 Å². The van der Waals surface area contributed by atoms with Gasteiger partial charge in [0.25, 0.3) is 0 Å². The van der Waals surface area contributed by atoms with Crippen LogP contribution < -0.4 is 4.90 Å². The normalized spacial score (nSPS) is 15.2. The zero-order valence-corrected chi connectivity index (χ0v) is 15.7. The maximum atomic E-state index is 9.10. The number of aliphatic imine (C=N–C) groups is 1. The van der Waals surface area contributed by atoms with E-state index in [4.69, 9.17) is 14.8 Å². The van der Waals surface area contributed by atoms with E-state index >= 15 is 0 Å². The highest BCUT2D eigenvalue weighted by Gasteiger charge is 2.18. The lowest BCUT2D eigenvalue weighted by Crippen LogP contribution is -2.08. The van der Waals surface area contributed by atoms with Crippen molar-refractivity contribution in [3.8, 4) is 0 Å². The lowest BCUT2D eigenvalue weighted by molar-refractivity contribution is 0.150. The average Bonchev–Trinajstić information content (AvgIpc) is 3.16. The van der Waals surface area contributed by atoms with E-state index in [1.165, 1.54) is 0 Å². The Morgan fingerprint density at radius 1 is 1.19 bits per heavy atom. The molecular weight excluding hydrogens is 326 g/mol. The number of rotatable bonds is 6. The molecule has 0 fully saturated rings. The molecule has 1 aromatic heterocycles. The second-order valence-electron chi connectivity index (χ2n) is 6.60. The molecule has 0 atom stereocenters. The lowest BCUT2D eigenvalue weighted by Gasteiger charge is -2.12. The molecule has 2 heterocycles. The third-order valence-corrected chi connectivity index (χ3v) is 4.26. The van der Waals surface area contributed by atoms with Crippen molar-refractivity contribution in [2.75, 3.05) is 32.2 Å². The number of aliphatic hydroxyl groups excluding tert-OH is 1. The number of anilines is 1. The number of benzene rings is 1. The first kappa shape index (κ1) is 18.0. The number of hydrogen-bond donors (Lipinski definition) is 2. The molecule has 5 heteroatoms. The smallest absolute Gasteiger partial charge is 0.147 e. The molecule has 5 nitrogen and oxygen atoms in total. The molecule has 3 rings (SSSR count). The molecule has 136 valence electrons. The number of ether oxygens (including phenoxy) is 1. The van der Waals surface area contributed by atoms with Crippen LogP contribution in [-0.4, -0.2) is 43.1 Å². The summed E-state index contributed by atoms with van der Waals surface area (Å²) in [6, 6.07) is 10.4. The van der Waals surface area contributed by atoms with Gasteiger partial charge in [-0.05, 0) is 43.7 Å². The van der Waals surface area contributed by atoms with Crippen molar-refractivity contribution in [1.29, 1.82) is 0 Å². The first-order valence-corrected chi connectivity index (χ1v) is 8.68. The summed E-state index contributed by atoms with van der Waals surface area (Å²) in [5, 5.41) is 9.10. The van der Waals surface area contributed by atoms with Gasteiger partial charge in [-0.25, -0.2) is 4.99 Å². The van der Waals surface area contributed by atoms with Crippen LogP contribution in [0.15, 0.2) is 52.9 Å². The Morgan fingerprint density at radius 3 is 2.50 bits per heavy atom. The zero-order chi connectivity index (χ0) is 18.7. The largest absolute Gasteiger partial charge is 0.489 e. The molecule has 0 bridgehead atoms. The van der Waals surface area contributed by atoms with Crippen molar-refractivity contribution < 1.29 is 9.84 Å². The van der Waals surface area contributed by atoms with E-state index in [0.717, 1.165) is 39.6 Å². The molecular formula is C21H25N3O2. The summed E-state index contributed by atoms with van der Waals surface area (Å²) < 4.78 is 5.70. The third-order valence-electron chi connectivity index (χ3n) is 4.26. The van der Waals surface area contributed by atoms with Crippen LogP contribution in [0.4, 0.5) is 5.69 Å². The first-order valence-electron chi connectivity index (χ1n) is 8.68. The van der Waals surface area contributed by atoms with Crippen LogP contribution in [0.1, 0.15) is 22.5 Å². The van der Waals surface area contributed by atoms with Gasteiger partial charge in [0.05, 0.1) is 12.3 Å². The van der Waals surface area contributed by atoms with E-state index in [1.54, 1.807) is 0 Å². The van der Waals surface area contributed by atoms with Crippen molar-refractivity contribution in [3.63, 3.8) is 0 Å². The van der Waals surface area contributed by atoms with Gasteiger partial charge in [-0.3, -0.25) is 0 Å². The van der Waals surface area contributed by atoms with Crippen LogP contribution >= 0.6 is 0 Å². The van der Waals surface area contributed by atoms with E-state index in [9.17, 15) is 0 Å². The van der Waals surface area contributed by atoms with E-state index in [-0.39, 0.29) is 13.2 Å². The highest BCUT2D eigenvalue weighted by atomic mass is 16.5.